The molecule has 1 aromatic rings. The van der Waals surface area contributed by atoms with Gasteiger partial charge in [-0.2, -0.15) is 0 Å². The van der Waals surface area contributed by atoms with Gasteiger partial charge in [-0.1, -0.05) is 31.0 Å². The van der Waals surface area contributed by atoms with Crippen molar-refractivity contribution >= 4 is 17.8 Å². The van der Waals surface area contributed by atoms with Crippen molar-refractivity contribution in [3.8, 4) is 0 Å². The van der Waals surface area contributed by atoms with Crippen LogP contribution in [0, 0.1) is 6.92 Å². The zero-order chi connectivity index (χ0) is 17.8. The topological polar surface area (TPSA) is 84.5 Å². The van der Waals surface area contributed by atoms with Crippen molar-refractivity contribution in [2.45, 2.75) is 39.0 Å². The molecule has 2 amide bonds. The predicted octanol–water partition coefficient (Wildman–Crippen LogP) is 1.96. The summed E-state index contributed by atoms with van der Waals surface area (Å²) in [7, 11) is 1.38. The number of aryl methyl sites for hydroxylation is 1. The number of rotatable bonds is 10. The molecule has 0 aliphatic rings. The first-order valence-electron chi connectivity index (χ1n) is 8.22. The summed E-state index contributed by atoms with van der Waals surface area (Å²) in [5.74, 6) is -0.634. The fourth-order valence-corrected chi connectivity index (χ4v) is 2.22. The number of amides is 2. The molecule has 0 saturated carbocycles. The first-order chi connectivity index (χ1) is 11.5. The summed E-state index contributed by atoms with van der Waals surface area (Å²) in [5, 5.41) is 5.39. The largest absolute Gasteiger partial charge is 0.469 e. The second-order valence-corrected chi connectivity index (χ2v) is 5.59. The molecule has 1 aromatic carbocycles. The van der Waals surface area contributed by atoms with Crippen molar-refractivity contribution in [3.63, 3.8) is 0 Å². The molecule has 6 heteroatoms. The SMILES string of the molecule is COC(=O)CCCCCCNC(=O)CNC(=O)c1ccccc1C. The number of carbonyl (C=O) groups is 3. The minimum Gasteiger partial charge on any atom is -0.469 e. The number of nitrogens with one attached hydrogen (secondary N) is 2. The van der Waals surface area contributed by atoms with E-state index >= 15 is 0 Å². The minimum atomic E-state index is -0.244. The highest BCUT2D eigenvalue weighted by atomic mass is 16.5. The molecule has 0 atom stereocenters. The molecule has 0 saturated heterocycles. The Hall–Kier alpha value is -2.37. The molecule has 132 valence electrons. The Bertz CT molecular complexity index is 558. The molecule has 6 nitrogen and oxygen atoms in total. The van der Waals surface area contributed by atoms with Crippen LogP contribution in [0.25, 0.3) is 0 Å². The van der Waals surface area contributed by atoms with Gasteiger partial charge in [0.05, 0.1) is 13.7 Å². The number of unbranched alkanes of at least 4 members (excludes halogenated alkanes) is 3. The van der Waals surface area contributed by atoms with Crippen LogP contribution < -0.4 is 10.6 Å². The maximum atomic E-state index is 12.0. The highest BCUT2D eigenvalue weighted by Crippen LogP contribution is 2.06. The maximum absolute atomic E-state index is 12.0. The Balaban J connectivity index is 2.09. The van der Waals surface area contributed by atoms with Crippen LogP contribution in [0.3, 0.4) is 0 Å². The summed E-state index contributed by atoms with van der Waals surface area (Å²) in [6.45, 7) is 2.39. The fourth-order valence-electron chi connectivity index (χ4n) is 2.22. The van der Waals surface area contributed by atoms with Crippen molar-refractivity contribution in [1.82, 2.24) is 10.6 Å². The molecular formula is C18H26N2O4. The second kappa shape index (κ2) is 11.2. The average molecular weight is 334 g/mol. The minimum absolute atomic E-state index is 0.0322. The highest BCUT2D eigenvalue weighted by Gasteiger charge is 2.09. The van der Waals surface area contributed by atoms with Gasteiger partial charge in [0.1, 0.15) is 0 Å². The molecule has 0 heterocycles. The van der Waals surface area contributed by atoms with Crippen LogP contribution >= 0.6 is 0 Å². The maximum Gasteiger partial charge on any atom is 0.305 e. The summed E-state index contributed by atoms with van der Waals surface area (Å²) in [4.78, 5) is 34.6. The first-order valence-corrected chi connectivity index (χ1v) is 8.22. The Morgan fingerprint density at radius 3 is 2.42 bits per heavy atom. The molecule has 1 rings (SSSR count). The fraction of sp³-hybridized carbons (Fsp3) is 0.500. The van der Waals surface area contributed by atoms with Crippen molar-refractivity contribution in [2.75, 3.05) is 20.2 Å². The Morgan fingerprint density at radius 2 is 1.71 bits per heavy atom. The van der Waals surface area contributed by atoms with E-state index in [9.17, 15) is 14.4 Å². The van der Waals surface area contributed by atoms with Gasteiger partial charge in [-0.25, -0.2) is 0 Å². The number of ether oxygens (including phenoxy) is 1. The Labute approximate surface area is 143 Å². The summed E-state index contributed by atoms with van der Waals surface area (Å²) in [5.41, 5.74) is 1.46. The molecule has 0 spiro atoms. The normalized spacial score (nSPS) is 10.1. The molecular weight excluding hydrogens is 308 g/mol. The van der Waals surface area contributed by atoms with E-state index in [0.717, 1.165) is 31.2 Å². The Morgan fingerprint density at radius 1 is 1.00 bits per heavy atom. The zero-order valence-electron chi connectivity index (χ0n) is 14.4. The number of hydrogen-bond acceptors (Lipinski definition) is 4. The third-order valence-electron chi connectivity index (χ3n) is 3.66. The standard InChI is InChI=1S/C18H26N2O4/c1-14-9-6-7-10-15(14)18(23)20-13-16(21)19-12-8-4-3-5-11-17(22)24-2/h6-7,9-10H,3-5,8,11-13H2,1-2H3,(H,19,21)(H,20,23). The zero-order valence-corrected chi connectivity index (χ0v) is 14.4. The molecule has 0 radical (unpaired) electrons. The molecule has 0 aromatic heterocycles. The number of methoxy groups -OCH3 is 1. The number of hydrogen-bond donors (Lipinski definition) is 2. The van der Waals surface area contributed by atoms with Crippen molar-refractivity contribution in [3.05, 3.63) is 35.4 Å². The summed E-state index contributed by atoms with van der Waals surface area (Å²) in [6.07, 6.45) is 3.95. The quantitative estimate of drug-likeness (QED) is 0.506. The number of esters is 1. The van der Waals surface area contributed by atoms with E-state index in [2.05, 4.69) is 15.4 Å². The van der Waals surface area contributed by atoms with Crippen LogP contribution in [0.2, 0.25) is 0 Å². The van der Waals surface area contributed by atoms with E-state index in [0.29, 0.717) is 18.5 Å². The van der Waals surface area contributed by atoms with E-state index in [-0.39, 0.29) is 24.3 Å². The monoisotopic (exact) mass is 334 g/mol. The van der Waals surface area contributed by atoms with Crippen molar-refractivity contribution in [1.29, 1.82) is 0 Å². The molecule has 0 aliphatic heterocycles. The molecule has 24 heavy (non-hydrogen) atoms. The summed E-state index contributed by atoms with van der Waals surface area (Å²) >= 11 is 0. The van der Waals surface area contributed by atoms with Gasteiger partial charge in [-0.3, -0.25) is 14.4 Å². The van der Waals surface area contributed by atoms with Gasteiger partial charge in [0, 0.05) is 18.5 Å². The van der Waals surface area contributed by atoms with Gasteiger partial charge < -0.3 is 15.4 Å². The second-order valence-electron chi connectivity index (χ2n) is 5.59. The van der Waals surface area contributed by atoms with Crippen LogP contribution in [0.4, 0.5) is 0 Å². The van der Waals surface area contributed by atoms with Gasteiger partial charge in [0.25, 0.3) is 5.91 Å². The van der Waals surface area contributed by atoms with Gasteiger partial charge in [-0.05, 0) is 31.4 Å². The lowest BCUT2D eigenvalue weighted by Crippen LogP contribution is -2.37. The van der Waals surface area contributed by atoms with Gasteiger partial charge >= 0.3 is 5.97 Å². The van der Waals surface area contributed by atoms with Gasteiger partial charge in [0.2, 0.25) is 5.91 Å². The van der Waals surface area contributed by atoms with E-state index < -0.39 is 0 Å². The molecule has 2 N–H and O–H groups in total. The third kappa shape index (κ3) is 7.76. The van der Waals surface area contributed by atoms with E-state index in [1.54, 1.807) is 12.1 Å². The van der Waals surface area contributed by atoms with E-state index in [1.807, 2.05) is 19.1 Å². The van der Waals surface area contributed by atoms with E-state index in [1.165, 1.54) is 7.11 Å². The van der Waals surface area contributed by atoms with Crippen molar-refractivity contribution in [2.24, 2.45) is 0 Å². The first kappa shape index (κ1) is 19.7. The van der Waals surface area contributed by atoms with E-state index in [4.69, 9.17) is 0 Å². The van der Waals surface area contributed by atoms with Gasteiger partial charge in [0.15, 0.2) is 0 Å². The predicted molar refractivity (Wildman–Crippen MR) is 91.6 cm³/mol. The number of carbonyl (C=O) groups excluding carboxylic acids is 3. The average Bonchev–Trinajstić information content (AvgIpc) is 2.58. The smallest absolute Gasteiger partial charge is 0.305 e. The highest BCUT2D eigenvalue weighted by molar-refractivity contribution is 5.97. The number of benzene rings is 1. The molecule has 0 unspecified atom stereocenters. The summed E-state index contributed by atoms with van der Waals surface area (Å²) < 4.78 is 4.56. The molecule has 0 fully saturated rings. The van der Waals surface area contributed by atoms with Crippen LogP contribution in [0.1, 0.15) is 48.0 Å². The lowest BCUT2D eigenvalue weighted by molar-refractivity contribution is -0.140. The van der Waals surface area contributed by atoms with Crippen LogP contribution in [0.15, 0.2) is 24.3 Å². The lowest BCUT2D eigenvalue weighted by Gasteiger charge is -2.08. The lowest BCUT2D eigenvalue weighted by atomic mass is 10.1. The Kier molecular flexibility index (Phi) is 9.19. The van der Waals surface area contributed by atoms with Crippen LogP contribution in [-0.4, -0.2) is 38.0 Å². The molecule has 0 bridgehead atoms. The van der Waals surface area contributed by atoms with Crippen LogP contribution in [-0.2, 0) is 14.3 Å². The third-order valence-corrected chi connectivity index (χ3v) is 3.66. The van der Waals surface area contributed by atoms with Crippen molar-refractivity contribution < 1.29 is 19.1 Å². The van der Waals surface area contributed by atoms with Crippen LogP contribution in [0.5, 0.6) is 0 Å². The summed E-state index contributed by atoms with van der Waals surface area (Å²) in [6, 6.07) is 7.25. The molecule has 0 aliphatic carbocycles. The van der Waals surface area contributed by atoms with Gasteiger partial charge in [-0.15, -0.1) is 0 Å².